The van der Waals surface area contributed by atoms with Gasteiger partial charge in [0.25, 0.3) is 5.56 Å². The molecule has 1 aromatic carbocycles. The van der Waals surface area contributed by atoms with Crippen LogP contribution in [0.25, 0.3) is 0 Å². The van der Waals surface area contributed by atoms with Gasteiger partial charge in [-0.3, -0.25) is 4.79 Å². The molecule has 0 saturated heterocycles. The molecule has 1 atom stereocenters. The highest BCUT2D eigenvalue weighted by Gasteiger charge is 2.10. The van der Waals surface area contributed by atoms with Crippen LogP contribution in [-0.2, 0) is 6.54 Å². The van der Waals surface area contributed by atoms with Crippen molar-refractivity contribution in [2.75, 3.05) is 7.11 Å². The second-order valence-electron chi connectivity index (χ2n) is 4.06. The van der Waals surface area contributed by atoms with E-state index in [1.807, 2.05) is 0 Å². The number of nitrogens with two attached hydrogens (primary N) is 1. The van der Waals surface area contributed by atoms with Crippen LogP contribution in [0.15, 0.2) is 41.2 Å². The Bertz CT molecular complexity index is 627. The van der Waals surface area contributed by atoms with Crippen LogP contribution in [0.1, 0.15) is 11.6 Å². The average Bonchev–Trinajstić information content (AvgIpc) is 2.41. The zero-order valence-corrected chi connectivity index (χ0v) is 10.4. The second-order valence-corrected chi connectivity index (χ2v) is 4.06. The molecule has 0 fully saturated rings. The third-order valence-corrected chi connectivity index (χ3v) is 2.70. The number of hydrogen-bond donors (Lipinski definition) is 1. The largest absolute Gasteiger partial charge is 0.480 e. The summed E-state index contributed by atoms with van der Waals surface area (Å²) in [6.45, 7) is 0.152. The topological polar surface area (TPSA) is 70.1 Å². The molecule has 0 radical (unpaired) electrons. The Morgan fingerprint density at radius 1 is 1.42 bits per heavy atom. The lowest BCUT2D eigenvalue weighted by molar-refractivity contribution is 0.370. The Balaban J connectivity index is 2.23. The van der Waals surface area contributed by atoms with Crippen LogP contribution in [0.5, 0.6) is 5.88 Å². The second kappa shape index (κ2) is 5.62. The van der Waals surface area contributed by atoms with Crippen molar-refractivity contribution in [3.63, 3.8) is 0 Å². The first-order valence-electron chi connectivity index (χ1n) is 5.73. The summed E-state index contributed by atoms with van der Waals surface area (Å²) in [6, 6.07) is 8.28. The van der Waals surface area contributed by atoms with Crippen LogP contribution in [0, 0.1) is 5.82 Å². The number of rotatable bonds is 4. The lowest BCUT2D eigenvalue weighted by atomic mass is 10.1. The SMILES string of the molecule is COc1ccc(=O)n(CC(N)c2cccc(F)c2)n1. The van der Waals surface area contributed by atoms with Crippen molar-refractivity contribution in [2.24, 2.45) is 5.73 Å². The van der Waals surface area contributed by atoms with E-state index in [9.17, 15) is 9.18 Å². The highest BCUT2D eigenvalue weighted by Crippen LogP contribution is 2.13. The standard InChI is InChI=1S/C13H14FN3O2/c1-19-12-5-6-13(18)17(16-12)8-11(15)9-3-2-4-10(14)7-9/h2-7,11H,8,15H2,1H3. The summed E-state index contributed by atoms with van der Waals surface area (Å²) in [5.74, 6) is -0.0371. The summed E-state index contributed by atoms with van der Waals surface area (Å²) >= 11 is 0. The van der Waals surface area contributed by atoms with E-state index in [4.69, 9.17) is 10.5 Å². The Hall–Kier alpha value is -2.21. The van der Waals surface area contributed by atoms with Crippen molar-refractivity contribution < 1.29 is 9.13 Å². The van der Waals surface area contributed by atoms with Gasteiger partial charge in [-0.05, 0) is 17.7 Å². The van der Waals surface area contributed by atoms with E-state index in [1.165, 1.54) is 36.1 Å². The first-order chi connectivity index (χ1) is 9.10. The molecule has 19 heavy (non-hydrogen) atoms. The van der Waals surface area contributed by atoms with E-state index in [0.29, 0.717) is 11.4 Å². The maximum absolute atomic E-state index is 13.1. The van der Waals surface area contributed by atoms with Gasteiger partial charge in [0.1, 0.15) is 5.82 Å². The predicted octanol–water partition coefficient (Wildman–Crippen LogP) is 1.09. The van der Waals surface area contributed by atoms with Gasteiger partial charge < -0.3 is 10.5 Å². The molecule has 0 amide bonds. The fraction of sp³-hybridized carbons (Fsp3) is 0.231. The molecule has 0 bridgehead atoms. The predicted molar refractivity (Wildman–Crippen MR) is 68.4 cm³/mol. The molecule has 6 heteroatoms. The minimum atomic E-state index is -0.520. The van der Waals surface area contributed by atoms with Gasteiger partial charge in [-0.2, -0.15) is 0 Å². The summed E-state index contributed by atoms with van der Waals surface area (Å²) < 4.78 is 19.3. The lowest BCUT2D eigenvalue weighted by Crippen LogP contribution is -2.28. The molecule has 1 aromatic heterocycles. The lowest BCUT2D eigenvalue weighted by Gasteiger charge is -2.13. The first kappa shape index (κ1) is 13.2. The number of hydrogen-bond acceptors (Lipinski definition) is 4. The van der Waals surface area contributed by atoms with Crippen molar-refractivity contribution in [1.29, 1.82) is 0 Å². The summed E-state index contributed by atoms with van der Waals surface area (Å²) in [4.78, 5) is 11.6. The maximum atomic E-state index is 13.1. The molecule has 0 aliphatic rings. The van der Waals surface area contributed by atoms with Crippen molar-refractivity contribution in [3.8, 4) is 5.88 Å². The quantitative estimate of drug-likeness (QED) is 0.896. The number of benzene rings is 1. The number of nitrogens with zero attached hydrogens (tertiary/aromatic N) is 2. The molecule has 2 rings (SSSR count). The molecule has 2 N–H and O–H groups in total. The molecule has 0 aliphatic heterocycles. The number of aromatic nitrogens is 2. The fourth-order valence-corrected chi connectivity index (χ4v) is 1.70. The molecule has 5 nitrogen and oxygen atoms in total. The average molecular weight is 263 g/mol. The Kier molecular flexibility index (Phi) is 3.91. The van der Waals surface area contributed by atoms with Gasteiger partial charge in [0.05, 0.1) is 13.7 Å². The van der Waals surface area contributed by atoms with Gasteiger partial charge in [-0.1, -0.05) is 12.1 Å². The molecule has 1 heterocycles. The molecule has 1 unspecified atom stereocenters. The van der Waals surface area contributed by atoms with Gasteiger partial charge >= 0.3 is 0 Å². The van der Waals surface area contributed by atoms with Crippen LogP contribution in [0.3, 0.4) is 0 Å². The number of halogens is 1. The van der Waals surface area contributed by atoms with E-state index < -0.39 is 6.04 Å². The van der Waals surface area contributed by atoms with Crippen LogP contribution in [-0.4, -0.2) is 16.9 Å². The monoisotopic (exact) mass is 263 g/mol. The number of methoxy groups -OCH3 is 1. The Morgan fingerprint density at radius 3 is 2.89 bits per heavy atom. The van der Waals surface area contributed by atoms with E-state index in [0.717, 1.165) is 0 Å². The highest BCUT2D eigenvalue weighted by molar-refractivity contribution is 5.19. The van der Waals surface area contributed by atoms with Gasteiger partial charge in [-0.25, -0.2) is 9.07 Å². The molecule has 2 aromatic rings. The van der Waals surface area contributed by atoms with Crippen LogP contribution < -0.4 is 16.0 Å². The number of ether oxygens (including phenoxy) is 1. The maximum Gasteiger partial charge on any atom is 0.267 e. The summed E-state index contributed by atoms with van der Waals surface area (Å²) in [6.07, 6.45) is 0. The van der Waals surface area contributed by atoms with Crippen molar-refractivity contribution in [3.05, 3.63) is 58.1 Å². The third-order valence-electron chi connectivity index (χ3n) is 2.70. The van der Waals surface area contributed by atoms with E-state index in [-0.39, 0.29) is 17.9 Å². The van der Waals surface area contributed by atoms with E-state index in [2.05, 4.69) is 5.10 Å². The van der Waals surface area contributed by atoms with Gasteiger partial charge in [0, 0.05) is 18.2 Å². The fourth-order valence-electron chi connectivity index (χ4n) is 1.70. The van der Waals surface area contributed by atoms with Crippen LogP contribution >= 0.6 is 0 Å². The molecule has 0 saturated carbocycles. The smallest absolute Gasteiger partial charge is 0.267 e. The zero-order valence-electron chi connectivity index (χ0n) is 10.4. The molecular formula is C13H14FN3O2. The Labute approximate surface area is 109 Å². The van der Waals surface area contributed by atoms with Gasteiger partial charge in [0.2, 0.25) is 5.88 Å². The van der Waals surface area contributed by atoms with Gasteiger partial charge in [-0.15, -0.1) is 5.10 Å². The summed E-state index contributed by atoms with van der Waals surface area (Å²) in [5, 5.41) is 3.99. The summed E-state index contributed by atoms with van der Waals surface area (Å²) in [5.41, 5.74) is 6.27. The normalized spacial score (nSPS) is 12.2. The summed E-state index contributed by atoms with van der Waals surface area (Å²) in [7, 11) is 1.46. The molecular weight excluding hydrogens is 249 g/mol. The van der Waals surface area contributed by atoms with Crippen LogP contribution in [0.2, 0.25) is 0 Å². The van der Waals surface area contributed by atoms with Crippen LogP contribution in [0.4, 0.5) is 4.39 Å². The third kappa shape index (κ3) is 3.17. The van der Waals surface area contributed by atoms with Crippen molar-refractivity contribution in [2.45, 2.75) is 12.6 Å². The first-order valence-corrected chi connectivity index (χ1v) is 5.73. The van der Waals surface area contributed by atoms with Crippen molar-refractivity contribution in [1.82, 2.24) is 9.78 Å². The van der Waals surface area contributed by atoms with E-state index >= 15 is 0 Å². The van der Waals surface area contributed by atoms with E-state index in [1.54, 1.807) is 12.1 Å². The minimum absolute atomic E-state index is 0.152. The van der Waals surface area contributed by atoms with Gasteiger partial charge in [0.15, 0.2) is 0 Å². The highest BCUT2D eigenvalue weighted by atomic mass is 19.1. The molecule has 0 spiro atoms. The zero-order chi connectivity index (χ0) is 13.8. The molecule has 100 valence electrons. The minimum Gasteiger partial charge on any atom is -0.480 e. The molecule has 0 aliphatic carbocycles. The van der Waals surface area contributed by atoms with Crippen molar-refractivity contribution >= 4 is 0 Å². The Morgan fingerprint density at radius 2 is 2.21 bits per heavy atom.